The molecule has 1 N–H and O–H groups in total. The number of nitrogens with one attached hydrogen (secondary N) is 1. The molecule has 6 nitrogen and oxygen atoms in total. The van der Waals surface area contributed by atoms with Crippen molar-refractivity contribution in [1.29, 1.82) is 0 Å². The van der Waals surface area contributed by atoms with E-state index in [4.69, 9.17) is 16.3 Å². The normalized spacial score (nSPS) is 16.1. The molecule has 0 radical (unpaired) electrons. The zero-order valence-corrected chi connectivity index (χ0v) is 18.0. The number of alkyl halides is 3. The van der Waals surface area contributed by atoms with E-state index in [0.717, 1.165) is 17.8 Å². The highest BCUT2D eigenvalue weighted by molar-refractivity contribution is 6.33. The smallest absolute Gasteiger partial charge is 0.417 e. The van der Waals surface area contributed by atoms with Crippen LogP contribution in [0, 0.1) is 0 Å². The number of ether oxygens (including phenoxy) is 1. The molecule has 2 heterocycles. The predicted octanol–water partition coefficient (Wildman–Crippen LogP) is 3.59. The number of carbonyl (C=O) groups excluding carboxylic acids is 1. The molecule has 1 aromatic heterocycles. The van der Waals surface area contributed by atoms with E-state index in [0.29, 0.717) is 44.3 Å². The van der Waals surface area contributed by atoms with E-state index in [-0.39, 0.29) is 17.0 Å². The van der Waals surface area contributed by atoms with E-state index >= 15 is 0 Å². The molecule has 2 aromatic rings. The molecule has 1 aliphatic heterocycles. The van der Waals surface area contributed by atoms with Gasteiger partial charge in [0.15, 0.2) is 0 Å². The maximum Gasteiger partial charge on any atom is 0.417 e. The fourth-order valence-corrected chi connectivity index (χ4v) is 3.77. The summed E-state index contributed by atoms with van der Waals surface area (Å²) in [5.74, 6) is 0.928. The van der Waals surface area contributed by atoms with Crippen molar-refractivity contribution in [3.63, 3.8) is 0 Å². The van der Waals surface area contributed by atoms with Gasteiger partial charge in [0.25, 0.3) is 0 Å². The first-order valence-corrected chi connectivity index (χ1v) is 10.2. The van der Waals surface area contributed by atoms with E-state index in [1.807, 2.05) is 41.0 Å². The molecule has 0 saturated carbocycles. The second kappa shape index (κ2) is 9.74. The number of methoxy groups -OCH3 is 1. The van der Waals surface area contributed by atoms with Crippen molar-refractivity contribution in [2.75, 3.05) is 38.2 Å². The molecule has 1 aliphatic rings. The largest absolute Gasteiger partial charge is 0.496 e. The number of nitrogens with zero attached hydrogens (tertiary/aromatic N) is 3. The zero-order chi connectivity index (χ0) is 22.6. The minimum atomic E-state index is -4.49. The number of anilines is 1. The van der Waals surface area contributed by atoms with Crippen LogP contribution in [-0.2, 0) is 17.5 Å². The number of hydrogen-bond acceptors (Lipinski definition) is 5. The Kier molecular flexibility index (Phi) is 7.27. The second-order valence-corrected chi connectivity index (χ2v) is 7.66. The molecule has 31 heavy (non-hydrogen) atoms. The van der Waals surface area contributed by atoms with Crippen molar-refractivity contribution in [3.05, 3.63) is 52.7 Å². The van der Waals surface area contributed by atoms with Gasteiger partial charge in [0.1, 0.15) is 11.6 Å². The van der Waals surface area contributed by atoms with Crippen LogP contribution in [0.15, 0.2) is 36.5 Å². The Bertz CT molecular complexity index is 918. The lowest BCUT2D eigenvalue weighted by Crippen LogP contribution is -2.54. The van der Waals surface area contributed by atoms with E-state index in [9.17, 15) is 18.0 Å². The monoisotopic (exact) mass is 456 g/mol. The summed E-state index contributed by atoms with van der Waals surface area (Å²) in [7, 11) is 1.58. The summed E-state index contributed by atoms with van der Waals surface area (Å²) in [5, 5.41) is 2.89. The van der Waals surface area contributed by atoms with Gasteiger partial charge in [-0.05, 0) is 19.1 Å². The van der Waals surface area contributed by atoms with Gasteiger partial charge in [-0.25, -0.2) is 4.98 Å². The van der Waals surface area contributed by atoms with Gasteiger partial charge >= 0.3 is 6.18 Å². The molecule has 1 atom stereocenters. The first kappa shape index (κ1) is 23.1. The molecule has 0 spiro atoms. The maximum absolute atomic E-state index is 12.8. The summed E-state index contributed by atoms with van der Waals surface area (Å²) in [5.41, 5.74) is 0.0126. The molecule has 1 unspecified atom stereocenters. The Morgan fingerprint density at radius 1 is 1.26 bits per heavy atom. The van der Waals surface area contributed by atoms with Crippen molar-refractivity contribution < 1.29 is 22.7 Å². The zero-order valence-electron chi connectivity index (χ0n) is 17.2. The van der Waals surface area contributed by atoms with Gasteiger partial charge < -0.3 is 15.0 Å². The Morgan fingerprint density at radius 2 is 1.94 bits per heavy atom. The summed E-state index contributed by atoms with van der Waals surface area (Å²) in [6.07, 6.45) is -3.69. The number of carbonyl (C=O) groups is 1. The Hall–Kier alpha value is -2.52. The first-order valence-electron chi connectivity index (χ1n) is 9.82. The van der Waals surface area contributed by atoms with Crippen LogP contribution in [0.25, 0.3) is 0 Å². The van der Waals surface area contributed by atoms with Crippen molar-refractivity contribution in [2.45, 2.75) is 25.7 Å². The van der Waals surface area contributed by atoms with E-state index in [1.165, 1.54) is 0 Å². The third kappa shape index (κ3) is 5.59. The van der Waals surface area contributed by atoms with Crippen LogP contribution >= 0.6 is 11.6 Å². The third-order valence-electron chi connectivity index (χ3n) is 5.34. The average molecular weight is 457 g/mol. The highest BCUT2D eigenvalue weighted by Gasteiger charge is 2.33. The third-order valence-corrected chi connectivity index (χ3v) is 5.61. The quantitative estimate of drug-likeness (QED) is 0.720. The standard InChI is InChI=1S/C21H24ClF3N4O2/c1-14(20(30)27-12-15-5-3-4-6-18(15)31-2)28-7-9-29(10-8-28)19-17(22)11-16(13-26-19)21(23,24)25/h3-6,11,13-14H,7-10,12H2,1-2H3,(H,27,30). The molecule has 10 heteroatoms. The van der Waals surface area contributed by atoms with Crippen molar-refractivity contribution in [3.8, 4) is 5.75 Å². The average Bonchev–Trinajstić information content (AvgIpc) is 2.76. The van der Waals surface area contributed by atoms with Gasteiger partial charge in [-0.15, -0.1) is 0 Å². The molecule has 3 rings (SSSR count). The lowest BCUT2D eigenvalue weighted by molar-refractivity contribution is -0.137. The van der Waals surface area contributed by atoms with Crippen molar-refractivity contribution in [1.82, 2.24) is 15.2 Å². The molecule has 1 amide bonds. The molecule has 168 valence electrons. The topological polar surface area (TPSA) is 57.7 Å². The van der Waals surface area contributed by atoms with Crippen LogP contribution in [0.2, 0.25) is 5.02 Å². The first-order chi connectivity index (χ1) is 14.7. The Morgan fingerprint density at radius 3 is 2.55 bits per heavy atom. The van der Waals surface area contributed by atoms with Crippen LogP contribution < -0.4 is 15.0 Å². The number of para-hydroxylation sites is 1. The lowest BCUT2D eigenvalue weighted by Gasteiger charge is -2.38. The number of amides is 1. The number of hydrogen-bond donors (Lipinski definition) is 1. The number of rotatable bonds is 6. The molecule has 1 saturated heterocycles. The van der Waals surface area contributed by atoms with Gasteiger partial charge in [0.05, 0.1) is 23.7 Å². The van der Waals surface area contributed by atoms with Crippen molar-refractivity contribution >= 4 is 23.3 Å². The number of piperazine rings is 1. The predicted molar refractivity (Wildman–Crippen MR) is 112 cm³/mol. The van der Waals surface area contributed by atoms with Crippen LogP contribution in [0.3, 0.4) is 0 Å². The summed E-state index contributed by atoms with van der Waals surface area (Å²) >= 11 is 6.05. The van der Waals surface area contributed by atoms with Gasteiger partial charge in [-0.1, -0.05) is 29.8 Å². The number of benzene rings is 1. The second-order valence-electron chi connectivity index (χ2n) is 7.26. The van der Waals surface area contributed by atoms with Gasteiger partial charge in [0, 0.05) is 44.5 Å². The maximum atomic E-state index is 12.8. The van der Waals surface area contributed by atoms with Crippen LogP contribution in [0.4, 0.5) is 19.0 Å². The van der Waals surface area contributed by atoms with Crippen molar-refractivity contribution in [2.24, 2.45) is 0 Å². The lowest BCUT2D eigenvalue weighted by atomic mass is 10.1. The molecule has 1 aromatic carbocycles. The van der Waals surface area contributed by atoms with E-state index < -0.39 is 11.7 Å². The molecular formula is C21H24ClF3N4O2. The number of aromatic nitrogens is 1. The molecular weight excluding hydrogens is 433 g/mol. The summed E-state index contributed by atoms with van der Waals surface area (Å²) < 4.78 is 43.7. The van der Waals surface area contributed by atoms with E-state index in [2.05, 4.69) is 10.3 Å². The van der Waals surface area contributed by atoms with Crippen LogP contribution in [0.1, 0.15) is 18.1 Å². The SMILES string of the molecule is COc1ccccc1CNC(=O)C(C)N1CCN(c2ncc(C(F)(F)F)cc2Cl)CC1. The van der Waals surface area contributed by atoms with Crippen LogP contribution in [0.5, 0.6) is 5.75 Å². The summed E-state index contributed by atoms with van der Waals surface area (Å²) in [6, 6.07) is 8.02. The summed E-state index contributed by atoms with van der Waals surface area (Å²) in [4.78, 5) is 20.4. The highest BCUT2D eigenvalue weighted by atomic mass is 35.5. The number of halogens is 4. The van der Waals surface area contributed by atoms with Gasteiger partial charge in [0.2, 0.25) is 5.91 Å². The Balaban J connectivity index is 1.55. The highest BCUT2D eigenvalue weighted by Crippen LogP contribution is 2.33. The molecule has 0 aliphatic carbocycles. The van der Waals surface area contributed by atoms with E-state index in [1.54, 1.807) is 7.11 Å². The van der Waals surface area contributed by atoms with Gasteiger partial charge in [-0.3, -0.25) is 9.69 Å². The molecule has 1 fully saturated rings. The van der Waals surface area contributed by atoms with Crippen LogP contribution in [-0.4, -0.2) is 55.1 Å². The minimum Gasteiger partial charge on any atom is -0.496 e. The molecule has 0 bridgehead atoms. The number of pyridine rings is 1. The fraction of sp³-hybridized carbons (Fsp3) is 0.429. The fourth-order valence-electron chi connectivity index (χ4n) is 3.48. The summed E-state index contributed by atoms with van der Waals surface area (Å²) in [6.45, 7) is 4.31. The van der Waals surface area contributed by atoms with Gasteiger partial charge in [-0.2, -0.15) is 13.2 Å². The minimum absolute atomic E-state index is 0.0362. The Labute approximate surface area is 183 Å².